The first-order chi connectivity index (χ1) is 17.8. The van der Waals surface area contributed by atoms with Crippen molar-refractivity contribution in [2.75, 3.05) is 34.0 Å². The lowest BCUT2D eigenvalue weighted by Crippen LogP contribution is -2.60. The first-order valence-electron chi connectivity index (χ1n) is 12.0. The fourth-order valence-corrected chi connectivity index (χ4v) is 4.92. The van der Waals surface area contributed by atoms with Gasteiger partial charge in [-0.05, 0) is 47.7 Å². The summed E-state index contributed by atoms with van der Waals surface area (Å²) in [6.45, 7) is -0.249. The van der Waals surface area contributed by atoms with Gasteiger partial charge in [0.15, 0.2) is 23.0 Å². The number of aliphatic hydroxyl groups excluding tert-OH is 5. The first-order valence-corrected chi connectivity index (χ1v) is 12.0. The van der Waals surface area contributed by atoms with Crippen molar-refractivity contribution < 1.29 is 54.3 Å². The minimum absolute atomic E-state index is 0.0142. The molecule has 204 valence electrons. The molecule has 8 atom stereocenters. The number of phenols is 1. The Bertz CT molecular complexity index is 1050. The lowest BCUT2D eigenvalue weighted by molar-refractivity contribution is -0.277. The summed E-state index contributed by atoms with van der Waals surface area (Å²) in [5.41, 5.74) is 1.70. The van der Waals surface area contributed by atoms with Crippen LogP contribution in [0.5, 0.6) is 23.0 Å². The minimum atomic E-state index is -1.57. The molecule has 0 spiro atoms. The van der Waals surface area contributed by atoms with Gasteiger partial charge in [0, 0.05) is 12.5 Å². The predicted octanol–water partition coefficient (Wildman–Crippen LogP) is 0.127. The molecule has 6 N–H and O–H groups in total. The van der Waals surface area contributed by atoms with Crippen LogP contribution in [0.4, 0.5) is 0 Å². The maximum atomic E-state index is 10.3. The van der Waals surface area contributed by atoms with E-state index in [-0.39, 0.29) is 29.9 Å². The molecule has 2 saturated heterocycles. The first kappa shape index (κ1) is 27.4. The van der Waals surface area contributed by atoms with Crippen LogP contribution in [0.25, 0.3) is 0 Å². The molecule has 0 amide bonds. The molecule has 4 rings (SSSR count). The maximum Gasteiger partial charge on any atom is 0.229 e. The summed E-state index contributed by atoms with van der Waals surface area (Å²) in [5, 5.41) is 59.7. The van der Waals surface area contributed by atoms with E-state index >= 15 is 0 Å². The van der Waals surface area contributed by atoms with Gasteiger partial charge in [0.2, 0.25) is 6.29 Å². The fraction of sp³-hybridized carbons (Fsp3) is 0.538. The van der Waals surface area contributed by atoms with E-state index in [4.69, 9.17) is 23.7 Å². The van der Waals surface area contributed by atoms with Crippen LogP contribution in [-0.4, -0.2) is 95.4 Å². The number of aromatic hydroxyl groups is 1. The average Bonchev–Trinajstić information content (AvgIpc) is 3.32. The molecule has 37 heavy (non-hydrogen) atoms. The van der Waals surface area contributed by atoms with Crippen molar-refractivity contribution >= 4 is 0 Å². The monoisotopic (exact) mass is 522 g/mol. The molecule has 2 aliphatic heterocycles. The Balaban J connectivity index is 1.49. The van der Waals surface area contributed by atoms with Crippen LogP contribution in [-0.2, 0) is 15.9 Å². The number of rotatable bonds is 9. The smallest absolute Gasteiger partial charge is 0.229 e. The molecular formula is C26H34O11. The highest BCUT2D eigenvalue weighted by molar-refractivity contribution is 5.44. The van der Waals surface area contributed by atoms with Gasteiger partial charge in [0.25, 0.3) is 0 Å². The lowest BCUT2D eigenvalue weighted by Gasteiger charge is -2.39. The van der Waals surface area contributed by atoms with Crippen molar-refractivity contribution in [2.24, 2.45) is 11.8 Å². The van der Waals surface area contributed by atoms with Gasteiger partial charge in [-0.2, -0.15) is 0 Å². The average molecular weight is 523 g/mol. The molecule has 11 nitrogen and oxygen atoms in total. The third-order valence-corrected chi connectivity index (χ3v) is 7.04. The molecule has 0 saturated carbocycles. The van der Waals surface area contributed by atoms with E-state index < -0.39 is 43.4 Å². The molecule has 0 bridgehead atoms. The van der Waals surface area contributed by atoms with Crippen LogP contribution in [0.2, 0.25) is 0 Å². The molecule has 0 aromatic heterocycles. The third kappa shape index (κ3) is 5.63. The lowest BCUT2D eigenvalue weighted by atomic mass is 9.84. The highest BCUT2D eigenvalue weighted by Crippen LogP contribution is 2.43. The van der Waals surface area contributed by atoms with Crippen LogP contribution in [0.1, 0.15) is 17.2 Å². The normalized spacial score (nSPS) is 31.8. The summed E-state index contributed by atoms with van der Waals surface area (Å²) in [4.78, 5) is 0. The highest BCUT2D eigenvalue weighted by atomic mass is 16.7. The molecule has 2 aliphatic rings. The zero-order valence-electron chi connectivity index (χ0n) is 20.6. The van der Waals surface area contributed by atoms with Crippen molar-refractivity contribution in [3.05, 3.63) is 47.5 Å². The SMILES string of the molecule is COc1cc(C[C@H]2CO[C@@H](c3ccc(O[C@H]4O[C@@H](CO)[C@H](O)[C@@H](O)[C@@H]4O)c(OC)c3)[C@@H]2CO)ccc1O. The Hall–Kier alpha value is -2.64. The van der Waals surface area contributed by atoms with E-state index in [1.165, 1.54) is 14.2 Å². The van der Waals surface area contributed by atoms with Gasteiger partial charge < -0.3 is 54.3 Å². The predicted molar refractivity (Wildman–Crippen MR) is 129 cm³/mol. The summed E-state index contributed by atoms with van der Waals surface area (Å²) in [5.74, 6) is 0.766. The van der Waals surface area contributed by atoms with E-state index in [1.807, 2.05) is 6.07 Å². The second-order valence-corrected chi connectivity index (χ2v) is 9.30. The van der Waals surface area contributed by atoms with Gasteiger partial charge >= 0.3 is 0 Å². The number of phenolic OH excluding ortho intramolecular Hbond substituents is 1. The van der Waals surface area contributed by atoms with Crippen molar-refractivity contribution in [1.29, 1.82) is 0 Å². The summed E-state index contributed by atoms with van der Waals surface area (Å²) >= 11 is 0. The number of hydrogen-bond acceptors (Lipinski definition) is 11. The number of ether oxygens (including phenoxy) is 5. The summed E-state index contributed by atoms with van der Waals surface area (Å²) in [7, 11) is 2.93. The molecule has 2 aromatic rings. The van der Waals surface area contributed by atoms with Gasteiger partial charge in [0.05, 0.1) is 33.5 Å². The zero-order valence-corrected chi connectivity index (χ0v) is 20.6. The summed E-state index contributed by atoms with van der Waals surface area (Å²) in [6.07, 6.45) is -6.86. The van der Waals surface area contributed by atoms with Crippen LogP contribution in [0.15, 0.2) is 36.4 Å². The molecule has 0 unspecified atom stereocenters. The number of aliphatic hydroxyl groups is 5. The summed E-state index contributed by atoms with van der Waals surface area (Å²) in [6, 6.07) is 10.2. The largest absolute Gasteiger partial charge is 0.504 e. The van der Waals surface area contributed by atoms with Crippen molar-refractivity contribution in [3.8, 4) is 23.0 Å². The third-order valence-electron chi connectivity index (χ3n) is 7.04. The van der Waals surface area contributed by atoms with E-state index in [2.05, 4.69) is 0 Å². The molecule has 0 aliphatic carbocycles. The standard InChI is InChI=1S/C26H34O11/c1-33-19-8-13(3-5-17(19)29)7-15-12-35-25(16(15)10-27)14-4-6-18(20(9-14)34-2)36-26-24(32)23(31)22(30)21(11-28)37-26/h3-6,8-9,15-16,21-32H,7,10-12H2,1-2H3/t15-,16+,21-,22-,23+,24-,25-,26-/m0/s1. The zero-order chi connectivity index (χ0) is 26.7. The maximum absolute atomic E-state index is 10.3. The van der Waals surface area contributed by atoms with Gasteiger partial charge in [-0.25, -0.2) is 0 Å². The number of hydrogen-bond donors (Lipinski definition) is 6. The van der Waals surface area contributed by atoms with E-state index in [1.54, 1.807) is 30.3 Å². The molecule has 11 heteroatoms. The fourth-order valence-electron chi connectivity index (χ4n) is 4.92. The highest BCUT2D eigenvalue weighted by Gasteiger charge is 2.45. The van der Waals surface area contributed by atoms with Gasteiger partial charge in [-0.15, -0.1) is 0 Å². The Morgan fingerprint density at radius 2 is 1.62 bits per heavy atom. The minimum Gasteiger partial charge on any atom is -0.504 e. The van der Waals surface area contributed by atoms with Crippen molar-refractivity contribution in [1.82, 2.24) is 0 Å². The quantitative estimate of drug-likeness (QED) is 0.265. The van der Waals surface area contributed by atoms with E-state index in [0.29, 0.717) is 24.5 Å². The van der Waals surface area contributed by atoms with Crippen LogP contribution in [0, 0.1) is 11.8 Å². The second-order valence-electron chi connectivity index (χ2n) is 9.30. The van der Waals surface area contributed by atoms with E-state index in [9.17, 15) is 30.6 Å². The Labute approximate surface area is 214 Å². The molecule has 2 aromatic carbocycles. The molecular weight excluding hydrogens is 488 g/mol. The van der Waals surface area contributed by atoms with Crippen molar-refractivity contribution in [3.63, 3.8) is 0 Å². The Morgan fingerprint density at radius 3 is 2.30 bits per heavy atom. The number of methoxy groups -OCH3 is 2. The molecule has 2 fully saturated rings. The van der Waals surface area contributed by atoms with Gasteiger partial charge in [0.1, 0.15) is 24.4 Å². The molecule has 0 radical (unpaired) electrons. The Kier molecular flexibility index (Phi) is 8.75. The van der Waals surface area contributed by atoms with Crippen LogP contribution < -0.4 is 14.2 Å². The van der Waals surface area contributed by atoms with Gasteiger partial charge in [-0.1, -0.05) is 12.1 Å². The molecule has 2 heterocycles. The second kappa shape index (κ2) is 11.8. The van der Waals surface area contributed by atoms with Gasteiger partial charge in [-0.3, -0.25) is 0 Å². The topological polar surface area (TPSA) is 168 Å². The van der Waals surface area contributed by atoms with E-state index in [0.717, 1.165) is 11.1 Å². The van der Waals surface area contributed by atoms with Crippen LogP contribution >= 0.6 is 0 Å². The Morgan fingerprint density at radius 1 is 0.865 bits per heavy atom. The van der Waals surface area contributed by atoms with Crippen molar-refractivity contribution in [2.45, 2.75) is 43.2 Å². The number of benzene rings is 2. The van der Waals surface area contributed by atoms with Crippen LogP contribution in [0.3, 0.4) is 0 Å². The summed E-state index contributed by atoms with van der Waals surface area (Å²) < 4.78 is 27.9.